The molecule has 1 rings (SSSR count). The number of nitrogens with zero attached hydrogens (tertiary/aromatic N) is 1. The van der Waals surface area contributed by atoms with Crippen LogP contribution in [0.15, 0.2) is 0 Å². The molecular weight excluding hydrogens is 230 g/mol. The molecule has 1 fully saturated rings. The molecule has 1 atom stereocenters. The molecular formula is C9H15N3O5. The summed E-state index contributed by atoms with van der Waals surface area (Å²) in [5.41, 5.74) is 4.91. The first kappa shape index (κ1) is 13.2. The van der Waals surface area contributed by atoms with Crippen molar-refractivity contribution in [2.75, 3.05) is 26.3 Å². The maximum absolute atomic E-state index is 11.6. The second-order valence-electron chi connectivity index (χ2n) is 3.57. The second kappa shape index (κ2) is 6.04. The average Bonchev–Trinajstić information content (AvgIpc) is 2.28. The van der Waals surface area contributed by atoms with Crippen LogP contribution in [-0.2, 0) is 14.3 Å². The summed E-state index contributed by atoms with van der Waals surface area (Å²) in [7, 11) is 0. The fourth-order valence-electron chi connectivity index (χ4n) is 1.45. The molecule has 1 aliphatic rings. The van der Waals surface area contributed by atoms with Gasteiger partial charge >= 0.3 is 12.0 Å². The summed E-state index contributed by atoms with van der Waals surface area (Å²) >= 11 is 0. The number of amides is 3. The molecule has 0 aromatic heterocycles. The number of carboxylic acids is 1. The summed E-state index contributed by atoms with van der Waals surface area (Å²) in [5.74, 6) is -1.64. The highest BCUT2D eigenvalue weighted by Gasteiger charge is 2.32. The highest BCUT2D eigenvalue weighted by Crippen LogP contribution is 2.07. The van der Waals surface area contributed by atoms with Crippen LogP contribution in [0.3, 0.4) is 0 Å². The van der Waals surface area contributed by atoms with Crippen LogP contribution < -0.4 is 11.1 Å². The molecule has 1 heterocycles. The maximum atomic E-state index is 11.6. The molecule has 1 saturated heterocycles. The van der Waals surface area contributed by atoms with Crippen LogP contribution >= 0.6 is 0 Å². The number of primary amides is 1. The van der Waals surface area contributed by atoms with Gasteiger partial charge in [-0.15, -0.1) is 0 Å². The minimum absolute atomic E-state index is 0.0216. The van der Waals surface area contributed by atoms with Crippen molar-refractivity contribution in [3.8, 4) is 0 Å². The van der Waals surface area contributed by atoms with Crippen LogP contribution in [0.1, 0.15) is 6.42 Å². The largest absolute Gasteiger partial charge is 0.480 e. The molecule has 0 bridgehead atoms. The average molecular weight is 245 g/mol. The Morgan fingerprint density at radius 2 is 2.18 bits per heavy atom. The number of hydrogen-bond acceptors (Lipinski definition) is 4. The van der Waals surface area contributed by atoms with E-state index in [4.69, 9.17) is 15.6 Å². The Balaban J connectivity index is 2.47. The van der Waals surface area contributed by atoms with E-state index in [1.165, 1.54) is 4.90 Å². The zero-order chi connectivity index (χ0) is 12.8. The lowest BCUT2D eigenvalue weighted by Gasteiger charge is -2.32. The smallest absolute Gasteiger partial charge is 0.328 e. The number of carboxylic acid groups (broad SMARTS) is 1. The third-order valence-corrected chi connectivity index (χ3v) is 2.32. The van der Waals surface area contributed by atoms with Gasteiger partial charge in [0.15, 0.2) is 6.04 Å². The van der Waals surface area contributed by atoms with Crippen molar-refractivity contribution in [3.63, 3.8) is 0 Å². The first-order valence-corrected chi connectivity index (χ1v) is 5.15. The van der Waals surface area contributed by atoms with E-state index in [1.54, 1.807) is 0 Å². The lowest BCUT2D eigenvalue weighted by molar-refractivity contribution is -0.147. The summed E-state index contributed by atoms with van der Waals surface area (Å²) in [6, 6.07) is -1.51. The van der Waals surface area contributed by atoms with E-state index in [-0.39, 0.29) is 26.1 Å². The van der Waals surface area contributed by atoms with Gasteiger partial charge in [-0.05, 0) is 0 Å². The van der Waals surface area contributed by atoms with Crippen molar-refractivity contribution >= 4 is 17.9 Å². The van der Waals surface area contributed by atoms with E-state index in [2.05, 4.69) is 5.32 Å². The van der Waals surface area contributed by atoms with Gasteiger partial charge in [-0.2, -0.15) is 0 Å². The van der Waals surface area contributed by atoms with E-state index >= 15 is 0 Å². The topological polar surface area (TPSA) is 122 Å². The molecule has 0 aliphatic carbocycles. The van der Waals surface area contributed by atoms with Gasteiger partial charge in [-0.1, -0.05) is 0 Å². The Morgan fingerprint density at radius 1 is 1.47 bits per heavy atom. The van der Waals surface area contributed by atoms with E-state index in [1.807, 2.05) is 0 Å². The van der Waals surface area contributed by atoms with Crippen LogP contribution in [0.5, 0.6) is 0 Å². The fraction of sp³-hybridized carbons (Fsp3) is 0.667. The zero-order valence-electron chi connectivity index (χ0n) is 9.22. The molecule has 1 aliphatic heterocycles. The minimum atomic E-state index is -1.12. The van der Waals surface area contributed by atoms with E-state index < -0.39 is 23.9 Å². The van der Waals surface area contributed by atoms with Crippen LogP contribution in [0.2, 0.25) is 0 Å². The first-order valence-electron chi connectivity index (χ1n) is 5.15. The molecule has 4 N–H and O–H groups in total. The van der Waals surface area contributed by atoms with Gasteiger partial charge in [0, 0.05) is 19.5 Å². The quantitative estimate of drug-likeness (QED) is 0.548. The van der Waals surface area contributed by atoms with Gasteiger partial charge < -0.3 is 25.8 Å². The third-order valence-electron chi connectivity index (χ3n) is 2.32. The summed E-state index contributed by atoms with van der Waals surface area (Å²) in [6.07, 6.45) is 0.0216. The number of urea groups is 1. The molecule has 0 radical (unpaired) electrons. The summed E-state index contributed by atoms with van der Waals surface area (Å²) < 4.78 is 4.99. The number of nitrogens with one attached hydrogen (secondary N) is 1. The normalized spacial score (nSPS) is 19.8. The van der Waals surface area contributed by atoms with Gasteiger partial charge in [0.05, 0.1) is 13.2 Å². The highest BCUT2D eigenvalue weighted by atomic mass is 16.5. The van der Waals surface area contributed by atoms with E-state index in [9.17, 15) is 14.4 Å². The zero-order valence-corrected chi connectivity index (χ0v) is 9.22. The Kier molecular flexibility index (Phi) is 4.70. The van der Waals surface area contributed by atoms with E-state index in [0.29, 0.717) is 6.61 Å². The Labute approximate surface area is 97.7 Å². The molecule has 0 spiro atoms. The number of rotatable bonds is 4. The van der Waals surface area contributed by atoms with Gasteiger partial charge in [-0.25, -0.2) is 9.59 Å². The monoisotopic (exact) mass is 245 g/mol. The predicted molar refractivity (Wildman–Crippen MR) is 56.2 cm³/mol. The summed E-state index contributed by atoms with van der Waals surface area (Å²) in [5, 5.41) is 11.3. The number of nitrogens with two attached hydrogens (primary N) is 1. The molecule has 17 heavy (non-hydrogen) atoms. The van der Waals surface area contributed by atoms with Crippen LogP contribution in [0, 0.1) is 0 Å². The molecule has 8 heteroatoms. The number of ether oxygens (including phenoxy) is 1. The Morgan fingerprint density at radius 3 is 2.76 bits per heavy atom. The van der Waals surface area contributed by atoms with Gasteiger partial charge in [-0.3, -0.25) is 4.79 Å². The van der Waals surface area contributed by atoms with E-state index in [0.717, 1.165) is 0 Å². The van der Waals surface area contributed by atoms with Crippen molar-refractivity contribution in [3.05, 3.63) is 0 Å². The van der Waals surface area contributed by atoms with Gasteiger partial charge in [0.2, 0.25) is 5.91 Å². The van der Waals surface area contributed by atoms with Crippen LogP contribution in [-0.4, -0.2) is 60.3 Å². The van der Waals surface area contributed by atoms with Crippen molar-refractivity contribution in [2.45, 2.75) is 12.5 Å². The van der Waals surface area contributed by atoms with Gasteiger partial charge in [0.25, 0.3) is 0 Å². The molecule has 3 amide bonds. The van der Waals surface area contributed by atoms with Crippen molar-refractivity contribution in [1.82, 2.24) is 10.2 Å². The van der Waals surface area contributed by atoms with Crippen molar-refractivity contribution < 1.29 is 24.2 Å². The van der Waals surface area contributed by atoms with Crippen LogP contribution in [0.25, 0.3) is 0 Å². The highest BCUT2D eigenvalue weighted by molar-refractivity contribution is 5.83. The standard InChI is InChI=1S/C9H15N3O5/c10-7(13)1-2-11-9(16)12-3-4-17-5-6(12)8(14)15/h6H,1-5H2,(H2,10,13)(H,11,16)(H,14,15). The SMILES string of the molecule is NC(=O)CCNC(=O)N1CCOCC1C(=O)O. The molecule has 0 aromatic carbocycles. The maximum Gasteiger partial charge on any atom is 0.328 e. The predicted octanol–water partition coefficient (Wildman–Crippen LogP) is -1.64. The van der Waals surface area contributed by atoms with Crippen molar-refractivity contribution in [2.24, 2.45) is 5.73 Å². The Bertz CT molecular complexity index is 320. The van der Waals surface area contributed by atoms with Gasteiger partial charge in [0.1, 0.15) is 0 Å². The molecule has 96 valence electrons. The number of aliphatic carboxylic acids is 1. The number of carbonyl (C=O) groups excluding carboxylic acids is 2. The lowest BCUT2D eigenvalue weighted by atomic mass is 10.2. The lowest BCUT2D eigenvalue weighted by Crippen LogP contribution is -2.55. The number of carbonyl (C=O) groups is 3. The molecule has 0 saturated carbocycles. The summed E-state index contributed by atoms with van der Waals surface area (Å²) in [6.45, 7) is 0.572. The minimum Gasteiger partial charge on any atom is -0.480 e. The molecule has 1 unspecified atom stereocenters. The number of hydrogen-bond donors (Lipinski definition) is 3. The third kappa shape index (κ3) is 3.91. The number of morpholine rings is 1. The van der Waals surface area contributed by atoms with Crippen molar-refractivity contribution in [1.29, 1.82) is 0 Å². The first-order chi connectivity index (χ1) is 8.02. The van der Waals surface area contributed by atoms with Crippen LogP contribution in [0.4, 0.5) is 4.79 Å². The summed E-state index contributed by atoms with van der Waals surface area (Å²) in [4.78, 5) is 34.2. The Hall–Kier alpha value is -1.83. The molecule has 8 nitrogen and oxygen atoms in total. The molecule has 0 aromatic rings. The second-order valence-corrected chi connectivity index (χ2v) is 3.57. The fourth-order valence-corrected chi connectivity index (χ4v) is 1.45.